The Morgan fingerprint density at radius 3 is 3.06 bits per heavy atom. The monoisotopic (exact) mass is 248 g/mol. The number of phenolic OH excluding ortho intramolecular Hbond substituents is 1. The van der Waals surface area contributed by atoms with Crippen molar-refractivity contribution in [1.29, 1.82) is 0 Å². The van der Waals surface area contributed by atoms with Gasteiger partial charge in [-0.3, -0.25) is 0 Å². The molecule has 0 saturated heterocycles. The first kappa shape index (κ1) is 13.8. The zero-order chi connectivity index (χ0) is 13.4. The first-order valence-corrected chi connectivity index (χ1v) is 5.56. The normalized spacial score (nSPS) is 10.3. The molecule has 0 saturated carbocycles. The minimum Gasteiger partial charge on any atom is -0.507 e. The van der Waals surface area contributed by atoms with E-state index in [2.05, 4.69) is 21.8 Å². The maximum Gasteiger partial charge on any atom is 0.427 e. The number of hydrogen-bond donors (Lipinski definition) is 2. The lowest BCUT2D eigenvalue weighted by atomic mass is 10.1. The number of ether oxygens (including phenoxy) is 1. The number of para-hydroxylation sites is 1. The van der Waals surface area contributed by atoms with Gasteiger partial charge in [0.1, 0.15) is 5.75 Å². The Bertz CT molecular complexity index is 456. The van der Waals surface area contributed by atoms with Crippen LogP contribution in [0.25, 0.3) is 0 Å². The number of carbonyl (C=O) groups excluding carboxylic acids is 1. The zero-order valence-electron chi connectivity index (χ0n) is 10.2. The predicted molar refractivity (Wildman–Crippen MR) is 69.8 cm³/mol. The molecule has 0 spiro atoms. The highest BCUT2D eigenvalue weighted by molar-refractivity contribution is 5.84. The molecule has 96 valence electrons. The van der Waals surface area contributed by atoms with Gasteiger partial charge in [0.15, 0.2) is 0 Å². The van der Waals surface area contributed by atoms with Gasteiger partial charge in [0.25, 0.3) is 0 Å². The van der Waals surface area contributed by atoms with Gasteiger partial charge in [-0.2, -0.15) is 5.10 Å². The minimum atomic E-state index is -0.629. The zero-order valence-corrected chi connectivity index (χ0v) is 10.2. The maximum atomic E-state index is 11.0. The molecule has 0 aliphatic carbocycles. The summed E-state index contributed by atoms with van der Waals surface area (Å²) in [6, 6.07) is 5.29. The molecule has 1 amide bonds. The molecule has 0 unspecified atom stereocenters. The van der Waals surface area contributed by atoms with E-state index in [1.165, 1.54) is 6.21 Å². The van der Waals surface area contributed by atoms with E-state index >= 15 is 0 Å². The largest absolute Gasteiger partial charge is 0.507 e. The lowest BCUT2D eigenvalue weighted by Crippen LogP contribution is -2.18. The molecule has 18 heavy (non-hydrogen) atoms. The summed E-state index contributed by atoms with van der Waals surface area (Å²) in [7, 11) is 0. The Hall–Kier alpha value is -2.30. The van der Waals surface area contributed by atoms with Gasteiger partial charge in [-0.15, -0.1) is 6.58 Å². The Morgan fingerprint density at radius 2 is 2.39 bits per heavy atom. The summed E-state index contributed by atoms with van der Waals surface area (Å²) in [5.74, 6) is 0.131. The van der Waals surface area contributed by atoms with Crippen molar-refractivity contribution in [2.45, 2.75) is 13.3 Å². The summed E-state index contributed by atoms with van der Waals surface area (Å²) in [5.41, 5.74) is 3.46. The fourth-order valence-electron chi connectivity index (χ4n) is 1.35. The highest BCUT2D eigenvalue weighted by Crippen LogP contribution is 2.21. The van der Waals surface area contributed by atoms with Crippen LogP contribution < -0.4 is 5.43 Å². The van der Waals surface area contributed by atoms with Gasteiger partial charge in [0.05, 0.1) is 12.8 Å². The van der Waals surface area contributed by atoms with Crippen molar-refractivity contribution < 1.29 is 14.6 Å². The fraction of sp³-hybridized carbons (Fsp3) is 0.231. The first-order valence-electron chi connectivity index (χ1n) is 5.56. The summed E-state index contributed by atoms with van der Waals surface area (Å²) in [6.45, 7) is 5.60. The van der Waals surface area contributed by atoms with Gasteiger partial charge in [0.2, 0.25) is 0 Å². The quantitative estimate of drug-likeness (QED) is 0.476. The van der Waals surface area contributed by atoms with Gasteiger partial charge >= 0.3 is 6.09 Å². The highest BCUT2D eigenvalue weighted by Gasteiger charge is 2.03. The number of phenols is 1. The molecule has 1 aromatic carbocycles. The number of aromatic hydroxyl groups is 1. The summed E-state index contributed by atoms with van der Waals surface area (Å²) in [4.78, 5) is 11.0. The summed E-state index contributed by atoms with van der Waals surface area (Å²) < 4.78 is 4.63. The van der Waals surface area contributed by atoms with Crippen molar-refractivity contribution in [2.24, 2.45) is 5.10 Å². The van der Waals surface area contributed by atoms with Crippen molar-refractivity contribution in [3.63, 3.8) is 0 Å². The number of rotatable bonds is 5. The van der Waals surface area contributed by atoms with Crippen LogP contribution in [0.15, 0.2) is 36.0 Å². The molecule has 0 aliphatic heterocycles. The lowest BCUT2D eigenvalue weighted by molar-refractivity contribution is 0.152. The molecule has 0 bridgehead atoms. The summed E-state index contributed by atoms with van der Waals surface area (Å²) in [6.07, 6.45) is 3.00. The van der Waals surface area contributed by atoms with E-state index < -0.39 is 6.09 Å². The molecule has 1 rings (SSSR count). The minimum absolute atomic E-state index is 0.131. The Labute approximate surface area is 106 Å². The third kappa shape index (κ3) is 3.93. The van der Waals surface area contributed by atoms with Crippen molar-refractivity contribution in [2.75, 3.05) is 6.61 Å². The number of nitrogens with zero attached hydrogens (tertiary/aromatic N) is 1. The van der Waals surface area contributed by atoms with Crippen molar-refractivity contribution in [3.8, 4) is 5.75 Å². The van der Waals surface area contributed by atoms with Crippen LogP contribution in [0.1, 0.15) is 18.1 Å². The van der Waals surface area contributed by atoms with E-state index in [0.29, 0.717) is 12.0 Å². The van der Waals surface area contributed by atoms with E-state index in [9.17, 15) is 9.90 Å². The molecule has 0 aromatic heterocycles. The van der Waals surface area contributed by atoms with Gasteiger partial charge in [-0.1, -0.05) is 18.2 Å². The molecule has 0 radical (unpaired) electrons. The number of benzene rings is 1. The number of allylic oxidation sites excluding steroid dienone is 1. The molecular formula is C13H16N2O3. The molecule has 0 heterocycles. The molecule has 5 heteroatoms. The number of amides is 1. The maximum absolute atomic E-state index is 11.0. The third-order valence-electron chi connectivity index (χ3n) is 2.15. The van der Waals surface area contributed by atoms with E-state index in [1.807, 2.05) is 0 Å². The Morgan fingerprint density at radius 1 is 1.61 bits per heavy atom. The van der Waals surface area contributed by atoms with Crippen LogP contribution in [0.5, 0.6) is 5.75 Å². The van der Waals surface area contributed by atoms with Crippen LogP contribution >= 0.6 is 0 Å². The van der Waals surface area contributed by atoms with Gasteiger partial charge in [0, 0.05) is 5.56 Å². The number of hydrogen-bond acceptors (Lipinski definition) is 4. The molecule has 5 nitrogen and oxygen atoms in total. The van der Waals surface area contributed by atoms with Crippen LogP contribution in [-0.4, -0.2) is 24.0 Å². The second kappa shape index (κ2) is 7.11. The number of hydrazone groups is 1. The first-order chi connectivity index (χ1) is 8.69. The summed E-state index contributed by atoms with van der Waals surface area (Å²) >= 11 is 0. The van der Waals surface area contributed by atoms with Crippen LogP contribution in [0.2, 0.25) is 0 Å². The van der Waals surface area contributed by atoms with Crippen molar-refractivity contribution in [1.82, 2.24) is 5.43 Å². The second-order valence-electron chi connectivity index (χ2n) is 3.44. The second-order valence-corrected chi connectivity index (χ2v) is 3.44. The van der Waals surface area contributed by atoms with Crippen molar-refractivity contribution in [3.05, 3.63) is 42.0 Å². The molecule has 1 aromatic rings. The Kier molecular flexibility index (Phi) is 5.44. The van der Waals surface area contributed by atoms with Crippen molar-refractivity contribution >= 4 is 12.3 Å². The smallest absolute Gasteiger partial charge is 0.427 e. The molecule has 2 N–H and O–H groups in total. The summed E-state index contributed by atoms with van der Waals surface area (Å²) in [5, 5.41) is 13.6. The fourth-order valence-corrected chi connectivity index (χ4v) is 1.35. The van der Waals surface area contributed by atoms with Gasteiger partial charge in [-0.05, 0) is 25.0 Å². The number of carbonyl (C=O) groups is 1. The standard InChI is InChI=1S/C13H16N2O3/c1-3-6-10-7-5-8-11(12(10)16)9-14-15-13(17)18-4-2/h3,5,7-9,16H,1,4,6H2,2H3,(H,15,17). The topological polar surface area (TPSA) is 70.9 Å². The molecule has 0 fully saturated rings. The van der Waals surface area contributed by atoms with Crippen LogP contribution in [0.3, 0.4) is 0 Å². The Balaban J connectivity index is 2.72. The number of nitrogens with one attached hydrogen (secondary N) is 1. The SMILES string of the molecule is C=CCc1cccc(C=NNC(=O)OCC)c1O. The lowest BCUT2D eigenvalue weighted by Gasteiger charge is -2.04. The van der Waals surface area contributed by atoms with Crippen LogP contribution in [-0.2, 0) is 11.2 Å². The molecular weight excluding hydrogens is 232 g/mol. The average molecular weight is 248 g/mol. The average Bonchev–Trinajstić information content (AvgIpc) is 2.34. The molecule has 0 aliphatic rings. The van der Waals surface area contributed by atoms with Crippen LogP contribution in [0, 0.1) is 0 Å². The van der Waals surface area contributed by atoms with E-state index in [4.69, 9.17) is 0 Å². The molecule has 0 atom stereocenters. The van der Waals surface area contributed by atoms with E-state index in [0.717, 1.165) is 5.56 Å². The van der Waals surface area contributed by atoms with Gasteiger partial charge < -0.3 is 9.84 Å². The highest BCUT2D eigenvalue weighted by atomic mass is 16.5. The predicted octanol–water partition coefficient (Wildman–Crippen LogP) is 2.20. The van der Waals surface area contributed by atoms with E-state index in [1.54, 1.807) is 31.2 Å². The van der Waals surface area contributed by atoms with Crippen LogP contribution in [0.4, 0.5) is 4.79 Å². The third-order valence-corrected chi connectivity index (χ3v) is 2.15. The van der Waals surface area contributed by atoms with E-state index in [-0.39, 0.29) is 12.4 Å². The van der Waals surface area contributed by atoms with Gasteiger partial charge in [-0.25, -0.2) is 10.2 Å².